The van der Waals surface area contributed by atoms with Crippen LogP contribution in [-0.4, -0.2) is 27.0 Å². The largest absolute Gasteiger partial charge is 0.352 e. The van der Waals surface area contributed by atoms with Crippen molar-refractivity contribution in [3.63, 3.8) is 0 Å². The summed E-state index contributed by atoms with van der Waals surface area (Å²) < 4.78 is 1.39. The van der Waals surface area contributed by atoms with Gasteiger partial charge in [0.15, 0.2) is 0 Å². The summed E-state index contributed by atoms with van der Waals surface area (Å²) in [6.07, 6.45) is 7.05. The van der Waals surface area contributed by atoms with Crippen molar-refractivity contribution in [2.24, 2.45) is 0 Å². The summed E-state index contributed by atoms with van der Waals surface area (Å²) in [4.78, 5) is 24.7. The standard InChI is InChI=1S/C21H27N3O2S/c1-15-9-11-18(12-10-15)24-20(25)14-13-19(23-24)27-16(2)21(26)22-17-7-5-3-4-6-8-17/h9-14,16-17H,3-8H2,1-2H3,(H,22,26). The molecule has 1 unspecified atom stereocenters. The van der Waals surface area contributed by atoms with E-state index in [0.29, 0.717) is 5.03 Å². The van der Waals surface area contributed by atoms with Crippen LogP contribution < -0.4 is 10.9 Å². The third kappa shape index (κ3) is 5.45. The number of hydrogen-bond acceptors (Lipinski definition) is 4. The minimum absolute atomic E-state index is 0.0433. The van der Waals surface area contributed by atoms with E-state index in [1.165, 1.54) is 48.2 Å². The molecule has 0 saturated heterocycles. The van der Waals surface area contributed by atoms with Crippen LogP contribution in [-0.2, 0) is 4.79 Å². The number of hydrogen-bond donors (Lipinski definition) is 1. The maximum Gasteiger partial charge on any atom is 0.271 e. The number of aromatic nitrogens is 2. The maximum absolute atomic E-state index is 12.6. The highest BCUT2D eigenvalue weighted by atomic mass is 32.2. The summed E-state index contributed by atoms with van der Waals surface area (Å²) in [7, 11) is 0. The molecule has 1 heterocycles. The van der Waals surface area contributed by atoms with Gasteiger partial charge >= 0.3 is 0 Å². The highest BCUT2D eigenvalue weighted by Crippen LogP contribution is 2.22. The number of amides is 1. The average molecular weight is 386 g/mol. The van der Waals surface area contributed by atoms with Crippen LogP contribution in [0.4, 0.5) is 0 Å². The lowest BCUT2D eigenvalue weighted by molar-refractivity contribution is -0.121. The molecule has 1 N–H and O–H groups in total. The van der Waals surface area contributed by atoms with Crippen molar-refractivity contribution in [3.05, 3.63) is 52.3 Å². The van der Waals surface area contributed by atoms with Gasteiger partial charge in [0.1, 0.15) is 5.03 Å². The van der Waals surface area contributed by atoms with Gasteiger partial charge in [-0.05, 0) is 44.9 Å². The minimum Gasteiger partial charge on any atom is -0.352 e. The van der Waals surface area contributed by atoms with Crippen LogP contribution in [0, 0.1) is 6.92 Å². The van der Waals surface area contributed by atoms with E-state index in [2.05, 4.69) is 10.4 Å². The zero-order valence-corrected chi connectivity index (χ0v) is 16.8. The maximum atomic E-state index is 12.6. The molecule has 1 saturated carbocycles. The summed E-state index contributed by atoms with van der Waals surface area (Å²) in [5.74, 6) is 0.0433. The van der Waals surface area contributed by atoms with Crippen LogP contribution in [0.3, 0.4) is 0 Å². The average Bonchev–Trinajstić information content (AvgIpc) is 2.92. The summed E-state index contributed by atoms with van der Waals surface area (Å²) in [6, 6.07) is 11.1. The van der Waals surface area contributed by atoms with E-state index in [0.717, 1.165) is 24.1 Å². The topological polar surface area (TPSA) is 64.0 Å². The molecule has 2 aromatic rings. The summed E-state index contributed by atoms with van der Waals surface area (Å²) in [5, 5.41) is 8.04. The Morgan fingerprint density at radius 2 is 1.78 bits per heavy atom. The Hall–Kier alpha value is -2.08. The Bertz CT molecular complexity index is 824. The lowest BCUT2D eigenvalue weighted by Gasteiger charge is -2.19. The van der Waals surface area contributed by atoms with E-state index in [9.17, 15) is 9.59 Å². The van der Waals surface area contributed by atoms with Crippen molar-refractivity contribution < 1.29 is 4.79 Å². The molecule has 1 aromatic heterocycles. The van der Waals surface area contributed by atoms with Gasteiger partial charge in [0.2, 0.25) is 5.91 Å². The third-order valence-corrected chi connectivity index (χ3v) is 5.95. The van der Waals surface area contributed by atoms with E-state index >= 15 is 0 Å². The lowest BCUT2D eigenvalue weighted by atomic mass is 10.1. The van der Waals surface area contributed by atoms with Crippen LogP contribution in [0.2, 0.25) is 0 Å². The number of nitrogens with one attached hydrogen (secondary N) is 1. The monoisotopic (exact) mass is 385 g/mol. The smallest absolute Gasteiger partial charge is 0.271 e. The second-order valence-corrected chi connectivity index (χ2v) is 8.58. The third-order valence-electron chi connectivity index (χ3n) is 4.92. The molecular weight excluding hydrogens is 358 g/mol. The first-order valence-corrected chi connectivity index (χ1v) is 10.6. The van der Waals surface area contributed by atoms with Crippen molar-refractivity contribution in [1.82, 2.24) is 15.1 Å². The molecule has 5 nitrogen and oxygen atoms in total. The van der Waals surface area contributed by atoms with E-state index in [-0.39, 0.29) is 22.8 Å². The van der Waals surface area contributed by atoms with Gasteiger partial charge < -0.3 is 5.32 Å². The van der Waals surface area contributed by atoms with Crippen molar-refractivity contribution in [2.75, 3.05) is 0 Å². The molecule has 0 radical (unpaired) electrons. The predicted molar refractivity (Wildman–Crippen MR) is 110 cm³/mol. The summed E-state index contributed by atoms with van der Waals surface area (Å²) in [5.41, 5.74) is 1.67. The fourth-order valence-electron chi connectivity index (χ4n) is 3.31. The first-order chi connectivity index (χ1) is 13.0. The number of aryl methyl sites for hydroxylation is 1. The normalized spacial score (nSPS) is 16.5. The number of benzene rings is 1. The van der Waals surface area contributed by atoms with Gasteiger partial charge in [-0.25, -0.2) is 0 Å². The molecule has 0 spiro atoms. The molecule has 3 rings (SSSR count). The van der Waals surface area contributed by atoms with Crippen molar-refractivity contribution >= 4 is 17.7 Å². The number of carbonyl (C=O) groups excluding carboxylic acids is 1. The summed E-state index contributed by atoms with van der Waals surface area (Å²) >= 11 is 1.38. The second-order valence-electron chi connectivity index (χ2n) is 7.21. The Kier molecular flexibility index (Phi) is 6.72. The van der Waals surface area contributed by atoms with E-state index in [1.54, 1.807) is 6.07 Å². The Labute approximate surface area is 164 Å². The number of rotatable bonds is 5. The summed E-state index contributed by atoms with van der Waals surface area (Å²) in [6.45, 7) is 3.89. The van der Waals surface area contributed by atoms with Crippen molar-refractivity contribution in [1.29, 1.82) is 0 Å². The quantitative estimate of drug-likeness (QED) is 0.627. The molecule has 144 valence electrons. The first kappa shape index (κ1) is 19.7. The Balaban J connectivity index is 1.67. The number of nitrogens with zero attached hydrogens (tertiary/aromatic N) is 2. The molecule has 1 atom stereocenters. The number of carbonyl (C=O) groups is 1. The van der Waals surface area contributed by atoms with E-state index < -0.39 is 0 Å². The molecule has 1 fully saturated rings. The van der Waals surface area contributed by atoms with Gasteiger partial charge in [0, 0.05) is 12.1 Å². The first-order valence-electron chi connectivity index (χ1n) is 9.67. The van der Waals surface area contributed by atoms with Gasteiger partial charge in [0.05, 0.1) is 10.9 Å². The van der Waals surface area contributed by atoms with Gasteiger partial charge in [0.25, 0.3) is 5.56 Å². The zero-order valence-electron chi connectivity index (χ0n) is 16.0. The van der Waals surface area contributed by atoms with E-state index in [1.807, 2.05) is 38.1 Å². The molecule has 1 amide bonds. The molecule has 0 bridgehead atoms. The molecule has 27 heavy (non-hydrogen) atoms. The molecular formula is C21H27N3O2S. The van der Waals surface area contributed by atoms with Gasteiger partial charge in [-0.15, -0.1) is 0 Å². The highest BCUT2D eigenvalue weighted by Gasteiger charge is 2.20. The number of thioether (sulfide) groups is 1. The van der Waals surface area contributed by atoms with Crippen molar-refractivity contribution in [2.45, 2.75) is 68.7 Å². The fraction of sp³-hybridized carbons (Fsp3) is 0.476. The SMILES string of the molecule is Cc1ccc(-n2nc(SC(C)C(=O)NC3CCCCCC3)ccc2=O)cc1. The Morgan fingerprint density at radius 1 is 1.11 bits per heavy atom. The highest BCUT2D eigenvalue weighted by molar-refractivity contribution is 8.00. The van der Waals surface area contributed by atoms with Crippen LogP contribution in [0.1, 0.15) is 51.0 Å². The zero-order chi connectivity index (χ0) is 19.2. The molecule has 1 aliphatic rings. The fourth-order valence-corrected chi connectivity index (χ4v) is 4.12. The predicted octanol–water partition coefficient (Wildman–Crippen LogP) is 3.86. The molecule has 0 aliphatic heterocycles. The van der Waals surface area contributed by atoms with Gasteiger partial charge in [-0.3, -0.25) is 9.59 Å². The molecule has 1 aliphatic carbocycles. The molecule has 1 aromatic carbocycles. The van der Waals surface area contributed by atoms with Gasteiger partial charge in [-0.1, -0.05) is 55.1 Å². The van der Waals surface area contributed by atoms with Crippen LogP contribution >= 0.6 is 11.8 Å². The van der Waals surface area contributed by atoms with Crippen LogP contribution in [0.5, 0.6) is 0 Å². The lowest BCUT2D eigenvalue weighted by Crippen LogP contribution is -2.39. The second kappa shape index (κ2) is 9.22. The Morgan fingerprint density at radius 3 is 2.44 bits per heavy atom. The minimum atomic E-state index is -0.260. The van der Waals surface area contributed by atoms with Crippen molar-refractivity contribution in [3.8, 4) is 5.69 Å². The van der Waals surface area contributed by atoms with E-state index in [4.69, 9.17) is 0 Å². The van der Waals surface area contributed by atoms with Gasteiger partial charge in [-0.2, -0.15) is 9.78 Å². The van der Waals surface area contributed by atoms with Crippen LogP contribution in [0.25, 0.3) is 5.69 Å². The molecule has 6 heteroatoms. The van der Waals surface area contributed by atoms with Crippen LogP contribution in [0.15, 0.2) is 46.2 Å².